The summed E-state index contributed by atoms with van der Waals surface area (Å²) in [5.74, 6) is 1.74. The molecule has 1 atom stereocenters. The monoisotopic (exact) mass is 443 g/mol. The van der Waals surface area contributed by atoms with Crippen molar-refractivity contribution < 1.29 is 9.84 Å². The largest absolute Gasteiger partial charge is 0.508 e. The first-order chi connectivity index (χ1) is 16.1. The summed E-state index contributed by atoms with van der Waals surface area (Å²) in [7, 11) is 1.74. The van der Waals surface area contributed by atoms with Crippen LogP contribution in [0.15, 0.2) is 60.7 Å². The molecule has 4 rings (SSSR count). The van der Waals surface area contributed by atoms with Gasteiger partial charge in [0.05, 0.1) is 7.11 Å². The summed E-state index contributed by atoms with van der Waals surface area (Å²) in [6.07, 6.45) is 6.76. The van der Waals surface area contributed by atoms with Crippen LogP contribution in [-0.4, -0.2) is 18.8 Å². The zero-order valence-corrected chi connectivity index (χ0v) is 20.3. The van der Waals surface area contributed by atoms with E-state index in [1.165, 1.54) is 46.3 Å². The van der Waals surface area contributed by atoms with E-state index in [4.69, 9.17) is 4.74 Å². The van der Waals surface area contributed by atoms with Crippen LogP contribution in [0.1, 0.15) is 66.8 Å². The second kappa shape index (κ2) is 10.8. The number of nitrogens with zero attached hydrogens (tertiary/aromatic N) is 1. The smallest absolute Gasteiger partial charge is 0.120 e. The number of methoxy groups -OCH3 is 1. The van der Waals surface area contributed by atoms with Crippen molar-refractivity contribution in [2.45, 2.75) is 64.8 Å². The van der Waals surface area contributed by atoms with Gasteiger partial charge >= 0.3 is 0 Å². The van der Waals surface area contributed by atoms with Gasteiger partial charge in [-0.3, -0.25) is 0 Å². The zero-order chi connectivity index (χ0) is 23.2. The maximum absolute atomic E-state index is 9.86. The lowest BCUT2D eigenvalue weighted by molar-refractivity contribution is 0.414. The minimum Gasteiger partial charge on any atom is -0.508 e. The molecule has 0 unspecified atom stereocenters. The molecule has 174 valence electrons. The van der Waals surface area contributed by atoms with Gasteiger partial charge in [0.1, 0.15) is 11.5 Å². The Bertz CT molecular complexity index is 1060. The first-order valence-corrected chi connectivity index (χ1v) is 12.4. The van der Waals surface area contributed by atoms with Crippen LogP contribution >= 0.6 is 0 Å². The van der Waals surface area contributed by atoms with E-state index in [9.17, 15) is 5.11 Å². The molecule has 0 heterocycles. The van der Waals surface area contributed by atoms with Crippen molar-refractivity contribution in [2.75, 3.05) is 18.6 Å². The number of anilines is 1. The van der Waals surface area contributed by atoms with Crippen LogP contribution in [0.2, 0.25) is 0 Å². The Morgan fingerprint density at radius 1 is 0.939 bits per heavy atom. The van der Waals surface area contributed by atoms with Crippen LogP contribution in [0.3, 0.4) is 0 Å². The number of phenols is 1. The molecule has 0 saturated heterocycles. The van der Waals surface area contributed by atoms with Gasteiger partial charge in [-0.1, -0.05) is 49.7 Å². The van der Waals surface area contributed by atoms with E-state index in [1.807, 2.05) is 12.1 Å². The van der Waals surface area contributed by atoms with Crippen molar-refractivity contribution in [3.63, 3.8) is 0 Å². The minimum absolute atomic E-state index is 0.371. The molecule has 1 aliphatic carbocycles. The standard InChI is InChI=1S/C30H37NO2/c1-4-6-7-22-8-10-23(11-9-22)21-31(5-2)30-20-28(33-3)16-17-29(30)26-13-12-25-19-27(32)15-14-24(25)18-26/h8-11,14-17,19-20,26,32H,4-7,12-13,18,21H2,1-3H3/t26-/m1/s1. The molecule has 33 heavy (non-hydrogen) atoms. The molecule has 0 aromatic heterocycles. The third kappa shape index (κ3) is 5.52. The number of unbranched alkanes of at least 4 members (excludes halogenated alkanes) is 1. The summed E-state index contributed by atoms with van der Waals surface area (Å²) in [5, 5.41) is 9.86. The number of rotatable bonds is 9. The topological polar surface area (TPSA) is 32.7 Å². The number of aromatic hydroxyl groups is 1. The third-order valence-electron chi connectivity index (χ3n) is 7.03. The lowest BCUT2D eigenvalue weighted by Crippen LogP contribution is -2.25. The fraction of sp³-hybridized carbons (Fsp3) is 0.400. The number of aryl methyl sites for hydroxylation is 2. The fourth-order valence-corrected chi connectivity index (χ4v) is 5.06. The van der Waals surface area contributed by atoms with Gasteiger partial charge in [0.2, 0.25) is 0 Å². The number of fused-ring (bicyclic) bond motifs is 1. The predicted molar refractivity (Wildman–Crippen MR) is 138 cm³/mol. The highest BCUT2D eigenvalue weighted by Crippen LogP contribution is 2.40. The first kappa shape index (κ1) is 23.2. The molecule has 1 N–H and O–H groups in total. The Labute approximate surface area is 199 Å². The average Bonchev–Trinajstić information content (AvgIpc) is 2.86. The molecule has 3 aromatic rings. The molecule has 1 aliphatic rings. The molecule has 0 aliphatic heterocycles. The summed E-state index contributed by atoms with van der Waals surface area (Å²) in [4.78, 5) is 2.48. The normalized spacial score (nSPS) is 15.2. The molecule has 0 bridgehead atoms. The van der Waals surface area contributed by atoms with Crippen LogP contribution in [0.4, 0.5) is 5.69 Å². The number of ether oxygens (including phenoxy) is 1. The number of benzene rings is 3. The maximum atomic E-state index is 9.86. The van der Waals surface area contributed by atoms with E-state index in [-0.39, 0.29) is 0 Å². The summed E-state index contributed by atoms with van der Waals surface area (Å²) in [6.45, 7) is 6.31. The van der Waals surface area contributed by atoms with E-state index in [0.717, 1.165) is 44.5 Å². The molecule has 3 nitrogen and oxygen atoms in total. The van der Waals surface area contributed by atoms with Gasteiger partial charge in [-0.2, -0.15) is 0 Å². The van der Waals surface area contributed by atoms with E-state index in [0.29, 0.717) is 11.7 Å². The molecule has 0 saturated carbocycles. The van der Waals surface area contributed by atoms with E-state index in [1.54, 1.807) is 7.11 Å². The molecule has 3 heteroatoms. The van der Waals surface area contributed by atoms with Crippen LogP contribution in [0.5, 0.6) is 11.5 Å². The number of phenolic OH excluding ortho intramolecular Hbond substituents is 1. The SMILES string of the molecule is CCCCc1ccc(CN(CC)c2cc(OC)ccc2[C@@H]2CCc3cc(O)ccc3C2)cc1. The van der Waals surface area contributed by atoms with Crippen LogP contribution < -0.4 is 9.64 Å². The van der Waals surface area contributed by atoms with E-state index in [2.05, 4.69) is 67.3 Å². The van der Waals surface area contributed by atoms with Crippen molar-refractivity contribution in [3.8, 4) is 11.5 Å². The highest BCUT2D eigenvalue weighted by molar-refractivity contribution is 5.60. The van der Waals surface area contributed by atoms with Crippen molar-refractivity contribution in [2.24, 2.45) is 0 Å². The molecule has 0 radical (unpaired) electrons. The first-order valence-electron chi connectivity index (χ1n) is 12.4. The lowest BCUT2D eigenvalue weighted by atomic mass is 9.79. The van der Waals surface area contributed by atoms with Crippen molar-refractivity contribution in [3.05, 3.63) is 88.5 Å². The third-order valence-corrected chi connectivity index (χ3v) is 7.03. The zero-order valence-electron chi connectivity index (χ0n) is 20.3. The summed E-state index contributed by atoms with van der Waals surface area (Å²) in [6, 6.07) is 21.6. The van der Waals surface area contributed by atoms with Gasteiger partial charge < -0.3 is 14.7 Å². The summed E-state index contributed by atoms with van der Waals surface area (Å²) in [5.41, 5.74) is 8.09. The van der Waals surface area contributed by atoms with Gasteiger partial charge in [0, 0.05) is 24.8 Å². The number of hydrogen-bond donors (Lipinski definition) is 1. The van der Waals surface area contributed by atoms with Crippen molar-refractivity contribution >= 4 is 5.69 Å². The second-order valence-electron chi connectivity index (χ2n) is 9.25. The van der Waals surface area contributed by atoms with E-state index >= 15 is 0 Å². The molecule has 0 fully saturated rings. The molecule has 3 aromatic carbocycles. The van der Waals surface area contributed by atoms with Crippen molar-refractivity contribution in [1.82, 2.24) is 0 Å². The Morgan fingerprint density at radius 2 is 1.73 bits per heavy atom. The Morgan fingerprint density at radius 3 is 2.45 bits per heavy atom. The molecular formula is C30H37NO2. The predicted octanol–water partition coefficient (Wildman–Crippen LogP) is 7.04. The highest BCUT2D eigenvalue weighted by Gasteiger charge is 2.24. The fourth-order valence-electron chi connectivity index (χ4n) is 5.06. The Balaban J connectivity index is 1.59. The number of hydrogen-bond acceptors (Lipinski definition) is 3. The van der Waals surface area contributed by atoms with Gasteiger partial charge in [-0.15, -0.1) is 0 Å². The van der Waals surface area contributed by atoms with Gasteiger partial charge in [0.25, 0.3) is 0 Å². The maximum Gasteiger partial charge on any atom is 0.120 e. The molecule has 0 amide bonds. The Hall–Kier alpha value is -2.94. The summed E-state index contributed by atoms with van der Waals surface area (Å²) < 4.78 is 5.61. The highest BCUT2D eigenvalue weighted by atomic mass is 16.5. The van der Waals surface area contributed by atoms with Crippen LogP contribution in [-0.2, 0) is 25.8 Å². The van der Waals surface area contributed by atoms with E-state index < -0.39 is 0 Å². The second-order valence-corrected chi connectivity index (χ2v) is 9.25. The Kier molecular flexibility index (Phi) is 7.59. The summed E-state index contributed by atoms with van der Waals surface area (Å²) >= 11 is 0. The molecule has 0 spiro atoms. The van der Waals surface area contributed by atoms with Gasteiger partial charge in [-0.05, 0) is 91.0 Å². The molecular weight excluding hydrogens is 406 g/mol. The van der Waals surface area contributed by atoms with Crippen LogP contribution in [0, 0.1) is 0 Å². The lowest BCUT2D eigenvalue weighted by Gasteiger charge is -2.32. The van der Waals surface area contributed by atoms with Gasteiger partial charge in [0.15, 0.2) is 0 Å². The minimum atomic E-state index is 0.371. The van der Waals surface area contributed by atoms with Crippen molar-refractivity contribution in [1.29, 1.82) is 0 Å². The van der Waals surface area contributed by atoms with Crippen LogP contribution in [0.25, 0.3) is 0 Å². The average molecular weight is 444 g/mol. The quantitative estimate of drug-likeness (QED) is 0.385. The van der Waals surface area contributed by atoms with Gasteiger partial charge in [-0.25, -0.2) is 0 Å².